The number of hydrogen-bond acceptors (Lipinski definition) is 4. The Morgan fingerprint density at radius 2 is 1.93 bits per heavy atom. The fourth-order valence-corrected chi connectivity index (χ4v) is 4.31. The zero-order valence-electron chi connectivity index (χ0n) is 17.5. The molecule has 1 unspecified atom stereocenters. The maximum Gasteiger partial charge on any atom is 0.282 e. The topological polar surface area (TPSA) is 75.5 Å². The summed E-state index contributed by atoms with van der Waals surface area (Å²) in [5, 5.41) is 6.88. The minimum Gasteiger partial charge on any atom is -0.348 e. The quantitative estimate of drug-likeness (QED) is 0.546. The Hall–Kier alpha value is -2.77. The minimum absolute atomic E-state index is 0.00466. The minimum atomic E-state index is -0.331. The molecule has 1 aliphatic carbocycles. The first-order valence-corrected chi connectivity index (χ1v) is 11.1. The number of anilines is 1. The summed E-state index contributed by atoms with van der Waals surface area (Å²) in [5.74, 6) is -0.0973. The second-order valence-electron chi connectivity index (χ2n) is 8.14. The van der Waals surface area contributed by atoms with Crippen LogP contribution in [0.3, 0.4) is 0 Å². The highest BCUT2D eigenvalue weighted by Crippen LogP contribution is 2.31. The maximum absolute atomic E-state index is 12.6. The van der Waals surface area contributed by atoms with Gasteiger partial charge in [-0.3, -0.25) is 9.59 Å². The first-order valence-electron chi connectivity index (χ1n) is 10.3. The number of rotatable bonds is 7. The molecule has 3 aromatic rings. The van der Waals surface area contributed by atoms with E-state index in [9.17, 15) is 9.59 Å². The third-order valence-corrected chi connectivity index (χ3v) is 6.52. The number of fused-ring (bicyclic) bond motifs is 1. The lowest BCUT2D eigenvalue weighted by Crippen LogP contribution is -3.15. The number of aryl methyl sites for hydroxylation is 1. The molecule has 4 rings (SSSR count). The number of likely N-dealkylation sites (N-methyl/N-ethyl adjacent to an activating group) is 1. The maximum atomic E-state index is 12.6. The molecule has 3 N–H and O–H groups in total. The van der Waals surface area contributed by atoms with Crippen LogP contribution in [-0.2, 0) is 9.59 Å². The van der Waals surface area contributed by atoms with Crippen molar-refractivity contribution in [3.05, 3.63) is 48.0 Å². The Labute approximate surface area is 180 Å². The van der Waals surface area contributed by atoms with Gasteiger partial charge in [0.1, 0.15) is 5.01 Å². The number of carbonyl (C=O) groups is 2. The molecule has 6 nitrogen and oxygen atoms in total. The number of amides is 2. The van der Waals surface area contributed by atoms with Crippen LogP contribution in [-0.4, -0.2) is 42.5 Å². The van der Waals surface area contributed by atoms with Gasteiger partial charge in [0, 0.05) is 17.3 Å². The third kappa shape index (κ3) is 4.86. The van der Waals surface area contributed by atoms with Crippen LogP contribution in [0, 0.1) is 6.92 Å². The Morgan fingerprint density at radius 3 is 2.63 bits per heavy atom. The Balaban J connectivity index is 1.37. The van der Waals surface area contributed by atoms with Gasteiger partial charge >= 0.3 is 0 Å². The van der Waals surface area contributed by atoms with E-state index in [1.54, 1.807) is 11.3 Å². The van der Waals surface area contributed by atoms with Crippen LogP contribution in [0.5, 0.6) is 0 Å². The highest BCUT2D eigenvalue weighted by atomic mass is 32.1. The standard InChI is InChI=1S/C23H26N4O2S/c1-14-4-11-19-20(12-14)30-23(26-19)16-5-7-18(8-6-16)25-22(29)15(2)27(3)13-21(28)24-17-9-10-17/h4-8,11-12,15,17H,9-10,13H2,1-3H3,(H,24,28)(H,25,29)/p+1/t15-/m0/s1. The zero-order chi connectivity index (χ0) is 21.3. The van der Waals surface area contributed by atoms with Gasteiger partial charge < -0.3 is 15.5 Å². The summed E-state index contributed by atoms with van der Waals surface area (Å²) in [4.78, 5) is 30.2. The SMILES string of the molecule is Cc1ccc2nc(-c3ccc(NC(=O)[C@H](C)[NH+](C)CC(=O)NC4CC4)cc3)sc2c1. The van der Waals surface area contributed by atoms with Crippen molar-refractivity contribution < 1.29 is 14.5 Å². The monoisotopic (exact) mass is 423 g/mol. The van der Waals surface area contributed by atoms with Gasteiger partial charge in [-0.1, -0.05) is 6.07 Å². The van der Waals surface area contributed by atoms with E-state index in [0.29, 0.717) is 12.6 Å². The first kappa shape index (κ1) is 20.5. The number of thiazole rings is 1. The van der Waals surface area contributed by atoms with Crippen LogP contribution in [0.15, 0.2) is 42.5 Å². The van der Waals surface area contributed by atoms with Gasteiger partial charge in [0.05, 0.1) is 17.3 Å². The van der Waals surface area contributed by atoms with Crippen LogP contribution in [0.4, 0.5) is 5.69 Å². The molecule has 1 heterocycles. The van der Waals surface area contributed by atoms with Crippen molar-refractivity contribution in [1.82, 2.24) is 10.3 Å². The van der Waals surface area contributed by atoms with E-state index >= 15 is 0 Å². The van der Waals surface area contributed by atoms with E-state index in [1.807, 2.05) is 44.3 Å². The Bertz CT molecular complexity index is 1070. The number of nitrogens with one attached hydrogen (secondary N) is 3. The number of hydrogen-bond donors (Lipinski definition) is 3. The average molecular weight is 424 g/mol. The molecule has 0 saturated heterocycles. The van der Waals surface area contributed by atoms with Crippen molar-refractivity contribution in [2.24, 2.45) is 0 Å². The van der Waals surface area contributed by atoms with Crippen LogP contribution in [0.25, 0.3) is 20.8 Å². The number of aromatic nitrogens is 1. The highest BCUT2D eigenvalue weighted by molar-refractivity contribution is 7.21. The predicted octanol–water partition coefficient (Wildman–Crippen LogP) is 2.39. The van der Waals surface area contributed by atoms with Crippen LogP contribution < -0.4 is 15.5 Å². The number of carbonyl (C=O) groups excluding carboxylic acids is 2. The second-order valence-corrected chi connectivity index (χ2v) is 9.17. The molecule has 30 heavy (non-hydrogen) atoms. The molecule has 2 aromatic carbocycles. The van der Waals surface area contributed by atoms with E-state index in [4.69, 9.17) is 4.98 Å². The fourth-order valence-electron chi connectivity index (χ4n) is 3.24. The summed E-state index contributed by atoms with van der Waals surface area (Å²) >= 11 is 1.67. The Morgan fingerprint density at radius 1 is 1.20 bits per heavy atom. The normalized spacial score (nSPS) is 15.6. The molecule has 7 heteroatoms. The van der Waals surface area contributed by atoms with E-state index in [2.05, 4.69) is 29.7 Å². The lowest BCUT2D eigenvalue weighted by Gasteiger charge is -2.20. The van der Waals surface area contributed by atoms with E-state index in [0.717, 1.165) is 39.5 Å². The van der Waals surface area contributed by atoms with Gasteiger partial charge in [-0.25, -0.2) is 4.98 Å². The summed E-state index contributed by atoms with van der Waals surface area (Å²) in [6.45, 7) is 4.21. The van der Waals surface area contributed by atoms with Crippen LogP contribution in [0.2, 0.25) is 0 Å². The smallest absolute Gasteiger partial charge is 0.282 e. The van der Waals surface area contributed by atoms with Gasteiger partial charge in [0.2, 0.25) is 0 Å². The molecular formula is C23H27N4O2S+. The first-order chi connectivity index (χ1) is 14.4. The largest absolute Gasteiger partial charge is 0.348 e. The molecule has 1 aliphatic rings. The molecule has 0 radical (unpaired) electrons. The number of quaternary nitrogens is 1. The zero-order valence-corrected chi connectivity index (χ0v) is 18.3. The van der Waals surface area contributed by atoms with Crippen molar-refractivity contribution in [3.8, 4) is 10.6 Å². The predicted molar refractivity (Wildman–Crippen MR) is 121 cm³/mol. The lowest BCUT2D eigenvalue weighted by molar-refractivity contribution is -0.885. The van der Waals surface area contributed by atoms with Crippen molar-refractivity contribution in [2.75, 3.05) is 18.9 Å². The summed E-state index contributed by atoms with van der Waals surface area (Å²) in [6, 6.07) is 14.0. The van der Waals surface area contributed by atoms with Gasteiger partial charge in [0.15, 0.2) is 12.6 Å². The number of nitrogens with zero attached hydrogens (tertiary/aromatic N) is 1. The molecule has 0 aliphatic heterocycles. The van der Waals surface area contributed by atoms with Gasteiger partial charge in [-0.15, -0.1) is 11.3 Å². The van der Waals surface area contributed by atoms with Crippen LogP contribution in [0.1, 0.15) is 25.3 Å². The molecule has 1 fully saturated rings. The molecule has 2 atom stereocenters. The van der Waals surface area contributed by atoms with E-state index in [-0.39, 0.29) is 17.9 Å². The molecule has 1 aromatic heterocycles. The lowest BCUT2D eigenvalue weighted by atomic mass is 10.2. The highest BCUT2D eigenvalue weighted by Gasteiger charge is 2.28. The summed E-state index contributed by atoms with van der Waals surface area (Å²) in [7, 11) is 1.87. The molecular weight excluding hydrogens is 396 g/mol. The molecule has 0 bridgehead atoms. The fraction of sp³-hybridized carbons (Fsp3) is 0.348. The van der Waals surface area contributed by atoms with Crippen molar-refractivity contribution in [2.45, 2.75) is 38.8 Å². The molecule has 0 spiro atoms. The van der Waals surface area contributed by atoms with Crippen molar-refractivity contribution in [1.29, 1.82) is 0 Å². The van der Waals surface area contributed by atoms with Gasteiger partial charge in [0.25, 0.3) is 11.8 Å². The average Bonchev–Trinajstić information content (AvgIpc) is 3.43. The summed E-state index contributed by atoms with van der Waals surface area (Å²) < 4.78 is 1.17. The number of benzene rings is 2. The molecule has 1 saturated carbocycles. The van der Waals surface area contributed by atoms with Crippen LogP contribution >= 0.6 is 11.3 Å². The summed E-state index contributed by atoms with van der Waals surface area (Å²) in [6.07, 6.45) is 2.13. The Kier molecular flexibility index (Phi) is 5.83. The van der Waals surface area contributed by atoms with E-state index < -0.39 is 0 Å². The van der Waals surface area contributed by atoms with Crippen molar-refractivity contribution >= 4 is 39.1 Å². The summed E-state index contributed by atoms with van der Waals surface area (Å²) in [5.41, 5.74) is 3.99. The van der Waals surface area contributed by atoms with Gasteiger partial charge in [-0.2, -0.15) is 0 Å². The molecule has 156 valence electrons. The van der Waals surface area contributed by atoms with E-state index in [1.165, 1.54) is 10.3 Å². The second kappa shape index (κ2) is 8.53. The van der Waals surface area contributed by atoms with Crippen molar-refractivity contribution in [3.63, 3.8) is 0 Å². The third-order valence-electron chi connectivity index (χ3n) is 5.46. The molecule has 2 amide bonds. The van der Waals surface area contributed by atoms with Gasteiger partial charge in [-0.05, 0) is 68.7 Å².